The zero-order valence-corrected chi connectivity index (χ0v) is 45.4. The number of hydrogen-bond acceptors (Lipinski definition) is 5. The largest absolute Gasteiger partial charge is 2.00 e. The van der Waals surface area contributed by atoms with Crippen LogP contribution in [0, 0.1) is 12.1 Å². The van der Waals surface area contributed by atoms with Crippen molar-refractivity contribution in [1.29, 1.82) is 0 Å². The second-order valence-corrected chi connectivity index (χ2v) is 25.1. The third-order valence-corrected chi connectivity index (χ3v) is 15.8. The standard InChI is InChI=1S/C64H62N2O3.Pt/c1-59(2,3)37-17-15-16-35(28-37)56-52-45-21-19-41-43(23-25-47-54(41)64(13,14)34-62(47,9)10)58(45)69-49(52)32-50(66-56)67-39-30-36(29-38(31-39)60(4,5)6)55-51-44-20-18-40-42(57(44)68-48(51)26-27-65-55)22-24-46-53(40)63(11,12)33-61(46,7)8;/h15,17-29,31-32H,33-34H2,1-14H3;/q-2;+2. The molecule has 2 aliphatic carbocycles. The Kier molecular flexibility index (Phi) is 10.1. The second kappa shape index (κ2) is 15.1. The summed E-state index contributed by atoms with van der Waals surface area (Å²) in [6, 6.07) is 40.1. The second-order valence-electron chi connectivity index (χ2n) is 25.1. The summed E-state index contributed by atoms with van der Waals surface area (Å²) in [6.45, 7) is 32.4. The van der Waals surface area contributed by atoms with Crippen LogP contribution in [0.4, 0.5) is 0 Å². The topological polar surface area (TPSA) is 61.3 Å². The molecular formula is C64H62N2O3Pt. The number of ether oxygens (including phenoxy) is 1. The summed E-state index contributed by atoms with van der Waals surface area (Å²) in [6.07, 6.45) is 4.04. The SMILES string of the molecule is CC(C)(C)c1cc(Oc2cc3oc4c5ccc6c(c5ccc4c3c(-c3[c-]ccc(C(C)(C)C)c3)n2)C(C)(C)CC6(C)C)[c-]c(-c2nccc3oc4c5ccc6c(c5ccc4c23)C(C)(C)CC6(C)C)c1.[Pt+2]. The van der Waals surface area contributed by atoms with Crippen LogP contribution in [0.5, 0.6) is 11.6 Å². The molecule has 4 heterocycles. The molecule has 0 bridgehead atoms. The fourth-order valence-electron chi connectivity index (χ4n) is 13.2. The van der Waals surface area contributed by atoms with Crippen LogP contribution in [0.25, 0.3) is 87.9 Å². The number of hydrogen-bond donors (Lipinski definition) is 0. The first-order valence-electron chi connectivity index (χ1n) is 24.8. The molecule has 0 amide bonds. The molecule has 4 aromatic heterocycles. The summed E-state index contributed by atoms with van der Waals surface area (Å²) in [5.41, 5.74) is 14.5. The summed E-state index contributed by atoms with van der Waals surface area (Å²) < 4.78 is 20.9. The van der Waals surface area contributed by atoms with Crippen LogP contribution in [0.2, 0.25) is 0 Å². The van der Waals surface area contributed by atoms with E-state index in [4.69, 9.17) is 23.5 Å². The molecule has 0 saturated heterocycles. The van der Waals surface area contributed by atoms with E-state index in [1.54, 1.807) is 0 Å². The molecule has 12 rings (SSSR count). The fraction of sp³-hybridized carbons (Fsp3) is 0.344. The van der Waals surface area contributed by atoms with Gasteiger partial charge in [0.05, 0.1) is 0 Å². The normalized spacial score (nSPS) is 16.9. The Labute approximate surface area is 426 Å². The van der Waals surface area contributed by atoms with Gasteiger partial charge in [0.15, 0.2) is 0 Å². The van der Waals surface area contributed by atoms with Gasteiger partial charge in [-0.1, -0.05) is 158 Å². The van der Waals surface area contributed by atoms with Crippen LogP contribution < -0.4 is 4.74 Å². The molecule has 6 heteroatoms. The van der Waals surface area contributed by atoms with Crippen molar-refractivity contribution in [1.82, 2.24) is 9.97 Å². The Bertz CT molecular complexity index is 3850. The molecule has 0 saturated carbocycles. The van der Waals surface area contributed by atoms with E-state index < -0.39 is 0 Å². The first-order chi connectivity index (χ1) is 32.4. The van der Waals surface area contributed by atoms with Gasteiger partial charge >= 0.3 is 21.1 Å². The summed E-state index contributed by atoms with van der Waals surface area (Å²) in [5, 5.41) is 8.73. The van der Waals surface area contributed by atoms with Gasteiger partial charge in [0.1, 0.15) is 22.3 Å². The van der Waals surface area contributed by atoms with Gasteiger partial charge in [-0.05, 0) is 90.1 Å². The van der Waals surface area contributed by atoms with E-state index >= 15 is 0 Å². The predicted octanol–water partition coefficient (Wildman–Crippen LogP) is 17.8. The summed E-state index contributed by atoms with van der Waals surface area (Å²) in [4.78, 5) is 10.5. The van der Waals surface area contributed by atoms with Crippen LogP contribution >= 0.6 is 0 Å². The molecule has 2 aliphatic rings. The average Bonchev–Trinajstić information content (AvgIpc) is 3.96. The van der Waals surface area contributed by atoms with E-state index in [9.17, 15) is 0 Å². The molecule has 70 heavy (non-hydrogen) atoms. The third-order valence-electron chi connectivity index (χ3n) is 15.8. The van der Waals surface area contributed by atoms with Crippen molar-refractivity contribution in [2.24, 2.45) is 0 Å². The van der Waals surface area contributed by atoms with Crippen molar-refractivity contribution in [3.8, 4) is 34.1 Å². The Morgan fingerprint density at radius 3 is 1.61 bits per heavy atom. The summed E-state index contributed by atoms with van der Waals surface area (Å²) in [5.74, 6) is 0.958. The summed E-state index contributed by atoms with van der Waals surface area (Å²) in [7, 11) is 0. The van der Waals surface area contributed by atoms with Gasteiger partial charge in [0, 0.05) is 56.0 Å². The molecule has 0 N–H and O–H groups in total. The zero-order valence-electron chi connectivity index (χ0n) is 43.1. The molecule has 0 spiro atoms. The minimum absolute atomic E-state index is 0. The van der Waals surface area contributed by atoms with E-state index in [2.05, 4.69) is 182 Å². The zero-order chi connectivity index (χ0) is 48.5. The van der Waals surface area contributed by atoms with Crippen LogP contribution in [-0.2, 0) is 53.6 Å². The number of rotatable bonds is 4. The van der Waals surface area contributed by atoms with Crippen molar-refractivity contribution in [3.63, 3.8) is 0 Å². The van der Waals surface area contributed by atoms with Gasteiger partial charge in [-0.25, -0.2) is 0 Å². The first kappa shape index (κ1) is 46.6. The van der Waals surface area contributed by atoms with Gasteiger partial charge in [0.2, 0.25) is 5.88 Å². The molecular weight excluding hydrogens is 1040 g/mol. The third kappa shape index (κ3) is 7.03. The van der Waals surface area contributed by atoms with E-state index in [0.29, 0.717) is 17.2 Å². The number of fused-ring (bicyclic) bond motifs is 14. The molecule has 0 atom stereocenters. The maximum Gasteiger partial charge on any atom is 2.00 e. The molecule has 0 radical (unpaired) electrons. The Hall–Kier alpha value is -5.77. The van der Waals surface area contributed by atoms with Gasteiger partial charge in [-0.2, -0.15) is 0 Å². The monoisotopic (exact) mass is 1100 g/mol. The van der Waals surface area contributed by atoms with E-state index in [0.717, 1.165) is 90.0 Å². The van der Waals surface area contributed by atoms with E-state index in [1.165, 1.54) is 38.6 Å². The van der Waals surface area contributed by atoms with Crippen LogP contribution in [0.15, 0.2) is 106 Å². The van der Waals surface area contributed by atoms with Crippen LogP contribution in [0.1, 0.15) is 143 Å². The smallest absolute Gasteiger partial charge is 0.459 e. The molecule has 10 aromatic rings. The molecule has 5 nitrogen and oxygen atoms in total. The van der Waals surface area contributed by atoms with Crippen molar-refractivity contribution >= 4 is 65.4 Å². The van der Waals surface area contributed by atoms with Crippen molar-refractivity contribution in [2.45, 2.75) is 142 Å². The number of pyridine rings is 2. The first-order valence-corrected chi connectivity index (χ1v) is 24.8. The predicted molar refractivity (Wildman–Crippen MR) is 285 cm³/mol. The van der Waals surface area contributed by atoms with Crippen molar-refractivity contribution in [3.05, 3.63) is 143 Å². The maximum absolute atomic E-state index is 7.05. The number of nitrogens with zero attached hydrogens (tertiary/aromatic N) is 2. The van der Waals surface area contributed by atoms with Gasteiger partial charge in [0.25, 0.3) is 0 Å². The van der Waals surface area contributed by atoms with Crippen molar-refractivity contribution in [2.75, 3.05) is 0 Å². The summed E-state index contributed by atoms with van der Waals surface area (Å²) >= 11 is 0. The fourth-order valence-corrected chi connectivity index (χ4v) is 13.2. The number of furan rings is 2. The molecule has 356 valence electrons. The minimum Gasteiger partial charge on any atom is -0.459 e. The Morgan fingerprint density at radius 2 is 1.04 bits per heavy atom. The average molecular weight is 1100 g/mol. The molecule has 0 aliphatic heterocycles. The molecule has 6 aromatic carbocycles. The van der Waals surface area contributed by atoms with E-state index in [1.807, 2.05) is 24.4 Å². The van der Waals surface area contributed by atoms with Gasteiger partial charge in [-0.3, -0.25) is 4.98 Å². The molecule has 0 fully saturated rings. The van der Waals surface area contributed by atoms with Crippen LogP contribution in [0.3, 0.4) is 0 Å². The number of benzene rings is 6. The van der Waals surface area contributed by atoms with Gasteiger partial charge in [-0.15, -0.1) is 52.6 Å². The Morgan fingerprint density at radius 1 is 0.529 bits per heavy atom. The van der Waals surface area contributed by atoms with Crippen molar-refractivity contribution < 1.29 is 34.6 Å². The van der Waals surface area contributed by atoms with E-state index in [-0.39, 0.29) is 53.6 Å². The molecule has 0 unspecified atom stereocenters. The number of aromatic nitrogens is 2. The van der Waals surface area contributed by atoms with Gasteiger partial charge < -0.3 is 18.6 Å². The quantitative estimate of drug-likeness (QED) is 0.164. The minimum atomic E-state index is -0.222. The Balaban J connectivity index is 0.00000533. The van der Waals surface area contributed by atoms with Crippen LogP contribution in [-0.4, -0.2) is 9.97 Å². The maximum atomic E-state index is 7.05.